The summed E-state index contributed by atoms with van der Waals surface area (Å²) in [6.07, 6.45) is 4.36. The van der Waals surface area contributed by atoms with Crippen LogP contribution >= 0.6 is 24.8 Å². The molecule has 1 fully saturated rings. The molecule has 6 heteroatoms. The Kier molecular flexibility index (Phi) is 7.34. The monoisotopic (exact) mass is 305 g/mol. The van der Waals surface area contributed by atoms with Gasteiger partial charge in [0.15, 0.2) is 0 Å². The molecule has 0 bridgehead atoms. The number of nitrogens with zero attached hydrogens (tertiary/aromatic N) is 2. The lowest BCUT2D eigenvalue weighted by Gasteiger charge is -2.22. The molecular weight excluding hydrogens is 285 g/mol. The van der Waals surface area contributed by atoms with Gasteiger partial charge in [0, 0.05) is 25.0 Å². The maximum absolute atomic E-state index is 12.4. The summed E-state index contributed by atoms with van der Waals surface area (Å²) in [5.41, 5.74) is 7.36. The first-order valence-electron chi connectivity index (χ1n) is 6.05. The third-order valence-electron chi connectivity index (χ3n) is 3.53. The summed E-state index contributed by atoms with van der Waals surface area (Å²) in [6.45, 7) is 5.44. The first kappa shape index (κ1) is 18.2. The van der Waals surface area contributed by atoms with E-state index in [2.05, 4.69) is 11.9 Å². The highest BCUT2D eigenvalue weighted by molar-refractivity contribution is 5.95. The van der Waals surface area contributed by atoms with Crippen LogP contribution in [0.2, 0.25) is 0 Å². The molecule has 1 aliphatic rings. The van der Waals surface area contributed by atoms with E-state index in [0.717, 1.165) is 18.5 Å². The summed E-state index contributed by atoms with van der Waals surface area (Å²) in [4.78, 5) is 18.3. The van der Waals surface area contributed by atoms with E-state index in [0.29, 0.717) is 18.0 Å². The van der Waals surface area contributed by atoms with E-state index >= 15 is 0 Å². The quantitative estimate of drug-likeness (QED) is 0.909. The molecule has 0 spiro atoms. The van der Waals surface area contributed by atoms with Crippen LogP contribution in [0.15, 0.2) is 18.5 Å². The van der Waals surface area contributed by atoms with Crippen molar-refractivity contribution in [2.75, 3.05) is 13.1 Å². The number of amides is 1. The molecule has 0 radical (unpaired) electrons. The standard InChI is InChI=1S/C13H19N3O.2ClH/c1-9-3-4-15-7-12(9)13(17)16-8-11(6-14)5-10(16)2;;/h3-4,7,10-11H,5-6,8,14H2,1-2H3;2*1H. The number of likely N-dealkylation sites (tertiary alicyclic amines) is 1. The maximum atomic E-state index is 12.4. The van der Waals surface area contributed by atoms with Gasteiger partial charge in [-0.3, -0.25) is 9.78 Å². The summed E-state index contributed by atoms with van der Waals surface area (Å²) in [5.74, 6) is 0.518. The second-order valence-electron chi connectivity index (χ2n) is 4.83. The van der Waals surface area contributed by atoms with Crippen LogP contribution in [0.5, 0.6) is 0 Å². The number of nitrogens with two attached hydrogens (primary N) is 1. The third kappa shape index (κ3) is 3.81. The molecule has 0 saturated carbocycles. The molecule has 1 aromatic rings. The number of carbonyl (C=O) groups is 1. The highest BCUT2D eigenvalue weighted by Crippen LogP contribution is 2.24. The van der Waals surface area contributed by atoms with Gasteiger partial charge in [-0.2, -0.15) is 0 Å². The summed E-state index contributed by atoms with van der Waals surface area (Å²) in [7, 11) is 0. The minimum atomic E-state index is 0. The normalized spacial score (nSPS) is 21.5. The third-order valence-corrected chi connectivity index (χ3v) is 3.53. The van der Waals surface area contributed by atoms with Gasteiger partial charge in [0.25, 0.3) is 5.91 Å². The number of aryl methyl sites for hydroxylation is 1. The Balaban J connectivity index is 0.00000162. The maximum Gasteiger partial charge on any atom is 0.255 e. The first-order chi connectivity index (χ1) is 8.13. The average Bonchev–Trinajstić information content (AvgIpc) is 2.70. The molecule has 2 heterocycles. The number of carbonyl (C=O) groups excluding carboxylic acids is 1. The Bertz CT molecular complexity index is 428. The van der Waals surface area contributed by atoms with Gasteiger partial charge in [-0.15, -0.1) is 24.8 Å². The van der Waals surface area contributed by atoms with Gasteiger partial charge < -0.3 is 10.6 Å². The fourth-order valence-corrected chi connectivity index (χ4v) is 2.44. The van der Waals surface area contributed by atoms with Crippen molar-refractivity contribution in [3.8, 4) is 0 Å². The van der Waals surface area contributed by atoms with Gasteiger partial charge in [-0.05, 0) is 44.4 Å². The zero-order chi connectivity index (χ0) is 12.4. The van der Waals surface area contributed by atoms with Gasteiger partial charge in [-0.25, -0.2) is 0 Å². The van der Waals surface area contributed by atoms with Crippen LogP contribution < -0.4 is 5.73 Å². The van der Waals surface area contributed by atoms with Crippen molar-refractivity contribution in [3.63, 3.8) is 0 Å². The summed E-state index contributed by atoms with van der Waals surface area (Å²) >= 11 is 0. The van der Waals surface area contributed by atoms with Crippen molar-refractivity contribution >= 4 is 30.7 Å². The molecule has 19 heavy (non-hydrogen) atoms. The minimum Gasteiger partial charge on any atom is -0.336 e. The van der Waals surface area contributed by atoms with Crippen molar-refractivity contribution in [2.45, 2.75) is 26.3 Å². The average molecular weight is 306 g/mol. The number of rotatable bonds is 2. The zero-order valence-corrected chi connectivity index (χ0v) is 12.8. The number of hydrogen-bond acceptors (Lipinski definition) is 3. The molecule has 108 valence electrons. The topological polar surface area (TPSA) is 59.2 Å². The lowest BCUT2D eigenvalue weighted by molar-refractivity contribution is 0.0742. The lowest BCUT2D eigenvalue weighted by Crippen LogP contribution is -2.34. The molecule has 1 amide bonds. The molecule has 2 rings (SSSR count). The Labute approximate surface area is 126 Å². The SMILES string of the molecule is Cc1ccncc1C(=O)N1CC(CN)CC1C.Cl.Cl. The summed E-state index contributed by atoms with van der Waals surface area (Å²) < 4.78 is 0. The van der Waals surface area contributed by atoms with E-state index in [4.69, 9.17) is 5.73 Å². The van der Waals surface area contributed by atoms with E-state index in [1.807, 2.05) is 17.9 Å². The smallest absolute Gasteiger partial charge is 0.255 e. The minimum absolute atomic E-state index is 0. The van der Waals surface area contributed by atoms with Crippen LogP contribution in [0.25, 0.3) is 0 Å². The van der Waals surface area contributed by atoms with Crippen molar-refractivity contribution < 1.29 is 4.79 Å². The Morgan fingerprint density at radius 2 is 2.21 bits per heavy atom. The van der Waals surface area contributed by atoms with E-state index in [-0.39, 0.29) is 36.8 Å². The fourth-order valence-electron chi connectivity index (χ4n) is 2.44. The van der Waals surface area contributed by atoms with E-state index in [1.165, 1.54) is 0 Å². The molecule has 1 saturated heterocycles. The van der Waals surface area contributed by atoms with Crippen molar-refractivity contribution in [2.24, 2.45) is 11.7 Å². The molecule has 1 aromatic heterocycles. The fraction of sp³-hybridized carbons (Fsp3) is 0.538. The number of aromatic nitrogens is 1. The van der Waals surface area contributed by atoms with Crippen LogP contribution in [-0.2, 0) is 0 Å². The Morgan fingerprint density at radius 1 is 1.53 bits per heavy atom. The van der Waals surface area contributed by atoms with E-state index < -0.39 is 0 Å². The Hall–Kier alpha value is -0.840. The van der Waals surface area contributed by atoms with Crippen LogP contribution in [-0.4, -0.2) is 34.9 Å². The lowest BCUT2D eigenvalue weighted by atomic mass is 10.1. The summed E-state index contributed by atoms with van der Waals surface area (Å²) in [6, 6.07) is 2.14. The number of hydrogen-bond donors (Lipinski definition) is 1. The Morgan fingerprint density at radius 3 is 2.74 bits per heavy atom. The van der Waals surface area contributed by atoms with Gasteiger partial charge in [0.1, 0.15) is 0 Å². The largest absolute Gasteiger partial charge is 0.336 e. The number of pyridine rings is 1. The van der Waals surface area contributed by atoms with Crippen molar-refractivity contribution in [1.29, 1.82) is 0 Å². The molecule has 0 aromatic carbocycles. The van der Waals surface area contributed by atoms with Crippen LogP contribution in [0.4, 0.5) is 0 Å². The zero-order valence-electron chi connectivity index (χ0n) is 11.2. The van der Waals surface area contributed by atoms with Crippen LogP contribution in [0, 0.1) is 12.8 Å². The number of halogens is 2. The van der Waals surface area contributed by atoms with Gasteiger partial charge >= 0.3 is 0 Å². The second-order valence-corrected chi connectivity index (χ2v) is 4.83. The molecular formula is C13H21Cl2N3O. The molecule has 2 atom stereocenters. The predicted octanol–water partition coefficient (Wildman–Crippen LogP) is 2.04. The molecule has 2 unspecified atom stereocenters. The van der Waals surface area contributed by atoms with Gasteiger partial charge in [0.05, 0.1) is 5.56 Å². The van der Waals surface area contributed by atoms with E-state index in [1.54, 1.807) is 12.4 Å². The van der Waals surface area contributed by atoms with Crippen LogP contribution in [0.3, 0.4) is 0 Å². The van der Waals surface area contributed by atoms with Crippen LogP contribution in [0.1, 0.15) is 29.3 Å². The molecule has 1 aliphatic heterocycles. The van der Waals surface area contributed by atoms with Gasteiger partial charge in [-0.1, -0.05) is 0 Å². The first-order valence-corrected chi connectivity index (χ1v) is 6.05. The molecule has 2 N–H and O–H groups in total. The predicted molar refractivity (Wildman–Crippen MR) is 81.1 cm³/mol. The highest BCUT2D eigenvalue weighted by atomic mass is 35.5. The summed E-state index contributed by atoms with van der Waals surface area (Å²) in [5, 5.41) is 0. The van der Waals surface area contributed by atoms with Gasteiger partial charge in [0.2, 0.25) is 0 Å². The van der Waals surface area contributed by atoms with E-state index in [9.17, 15) is 4.79 Å². The van der Waals surface area contributed by atoms with Crippen molar-refractivity contribution in [3.05, 3.63) is 29.6 Å². The second kappa shape index (κ2) is 7.68. The highest BCUT2D eigenvalue weighted by Gasteiger charge is 2.32. The van der Waals surface area contributed by atoms with Crippen molar-refractivity contribution in [1.82, 2.24) is 9.88 Å². The molecule has 0 aliphatic carbocycles. The molecule has 4 nitrogen and oxygen atoms in total.